The first-order chi connectivity index (χ1) is 16.5. The van der Waals surface area contributed by atoms with Gasteiger partial charge in [0, 0.05) is 23.5 Å². The first-order valence-electron chi connectivity index (χ1n) is 10.5. The number of rotatable bonds is 8. The summed E-state index contributed by atoms with van der Waals surface area (Å²) in [5, 5.41) is 13.2. The molecule has 0 atom stereocenters. The van der Waals surface area contributed by atoms with E-state index in [9.17, 15) is 14.4 Å². The van der Waals surface area contributed by atoms with Crippen LogP contribution >= 0.6 is 0 Å². The van der Waals surface area contributed by atoms with Gasteiger partial charge in [-0.1, -0.05) is 41.6 Å². The first kappa shape index (κ1) is 22.5. The molecule has 10 nitrogen and oxygen atoms in total. The third-order valence-corrected chi connectivity index (χ3v) is 4.68. The molecule has 0 aliphatic heterocycles. The highest BCUT2D eigenvalue weighted by Gasteiger charge is 2.15. The van der Waals surface area contributed by atoms with Gasteiger partial charge < -0.3 is 19.9 Å². The van der Waals surface area contributed by atoms with E-state index >= 15 is 0 Å². The molecule has 2 N–H and O–H groups in total. The normalized spacial score (nSPS) is 10.5. The van der Waals surface area contributed by atoms with E-state index in [4.69, 9.17) is 9.26 Å². The molecule has 0 fully saturated rings. The molecule has 0 spiro atoms. The smallest absolute Gasteiger partial charge is 0.358 e. The van der Waals surface area contributed by atoms with Gasteiger partial charge in [-0.25, -0.2) is 9.48 Å². The van der Waals surface area contributed by atoms with Crippen molar-refractivity contribution >= 4 is 23.5 Å². The predicted octanol–water partition coefficient (Wildman–Crippen LogP) is 3.07. The van der Waals surface area contributed by atoms with E-state index < -0.39 is 17.8 Å². The largest absolute Gasteiger partial charge is 0.461 e. The van der Waals surface area contributed by atoms with Crippen molar-refractivity contribution in [3.8, 4) is 17.0 Å². The van der Waals surface area contributed by atoms with E-state index in [0.717, 1.165) is 5.56 Å². The number of esters is 1. The standard InChI is InChI=1S/C24H21N5O5/c1-2-33-24(32)19-11-12-29(27-19)18-10-6-9-17(13-18)26-22(30)15-25-23(31)20-14-21(34-28-20)16-7-4-3-5-8-16/h3-14H,2,15H2,1H3,(H,25,31)(H,26,30). The van der Waals surface area contributed by atoms with Crippen molar-refractivity contribution in [1.29, 1.82) is 0 Å². The van der Waals surface area contributed by atoms with Gasteiger partial charge in [0.15, 0.2) is 17.1 Å². The summed E-state index contributed by atoms with van der Waals surface area (Å²) in [7, 11) is 0. The topological polar surface area (TPSA) is 128 Å². The Bertz CT molecular complexity index is 1310. The van der Waals surface area contributed by atoms with Crippen molar-refractivity contribution in [2.75, 3.05) is 18.5 Å². The fraction of sp³-hybridized carbons (Fsp3) is 0.125. The second-order valence-corrected chi connectivity index (χ2v) is 7.09. The molecule has 0 aliphatic carbocycles. The number of carbonyl (C=O) groups is 3. The van der Waals surface area contributed by atoms with Crippen molar-refractivity contribution in [2.24, 2.45) is 0 Å². The lowest BCUT2D eigenvalue weighted by Gasteiger charge is -2.08. The Morgan fingerprint density at radius 3 is 2.62 bits per heavy atom. The summed E-state index contributed by atoms with van der Waals surface area (Å²) < 4.78 is 11.6. The number of benzene rings is 2. The zero-order valence-electron chi connectivity index (χ0n) is 18.2. The number of amides is 2. The minimum absolute atomic E-state index is 0.0738. The van der Waals surface area contributed by atoms with Gasteiger partial charge in [-0.3, -0.25) is 9.59 Å². The van der Waals surface area contributed by atoms with Crippen LogP contribution in [0.2, 0.25) is 0 Å². The van der Waals surface area contributed by atoms with Crippen LogP contribution in [0.15, 0.2) is 77.4 Å². The van der Waals surface area contributed by atoms with Crippen LogP contribution in [-0.4, -0.2) is 45.9 Å². The molecule has 0 radical (unpaired) electrons. The van der Waals surface area contributed by atoms with E-state index in [1.807, 2.05) is 30.3 Å². The molecule has 4 rings (SSSR count). The van der Waals surface area contributed by atoms with E-state index in [0.29, 0.717) is 17.1 Å². The molecule has 172 valence electrons. The lowest BCUT2D eigenvalue weighted by atomic mass is 10.1. The number of aromatic nitrogens is 3. The Kier molecular flexibility index (Phi) is 6.78. The number of nitrogens with zero attached hydrogens (tertiary/aromatic N) is 3. The van der Waals surface area contributed by atoms with Gasteiger partial charge in [-0.2, -0.15) is 5.10 Å². The Labute approximate surface area is 194 Å². The number of nitrogens with one attached hydrogen (secondary N) is 2. The second-order valence-electron chi connectivity index (χ2n) is 7.09. The SMILES string of the molecule is CCOC(=O)c1ccn(-c2cccc(NC(=O)CNC(=O)c3cc(-c4ccccc4)on3)c2)n1. The zero-order chi connectivity index (χ0) is 23.9. The molecule has 0 unspecified atom stereocenters. The average Bonchev–Trinajstić information content (AvgIpc) is 3.54. The molecule has 2 heterocycles. The summed E-state index contributed by atoms with van der Waals surface area (Å²) >= 11 is 0. The van der Waals surface area contributed by atoms with Crippen LogP contribution in [-0.2, 0) is 9.53 Å². The highest BCUT2D eigenvalue weighted by atomic mass is 16.5. The summed E-state index contributed by atoms with van der Waals surface area (Å²) in [6, 6.07) is 19.2. The van der Waals surface area contributed by atoms with E-state index in [2.05, 4.69) is 20.9 Å². The fourth-order valence-electron chi connectivity index (χ4n) is 3.08. The molecule has 2 aromatic heterocycles. The van der Waals surface area contributed by atoms with E-state index in [-0.39, 0.29) is 24.5 Å². The molecule has 0 bridgehead atoms. The third kappa shape index (κ3) is 5.36. The van der Waals surface area contributed by atoms with Gasteiger partial charge in [0.1, 0.15) is 0 Å². The van der Waals surface area contributed by atoms with Crippen molar-refractivity contribution in [3.05, 3.63) is 84.3 Å². The molecular weight excluding hydrogens is 438 g/mol. The van der Waals surface area contributed by atoms with Crippen LogP contribution in [0.5, 0.6) is 0 Å². The second kappa shape index (κ2) is 10.3. The highest BCUT2D eigenvalue weighted by molar-refractivity contribution is 5.98. The average molecular weight is 459 g/mol. The first-order valence-corrected chi connectivity index (χ1v) is 10.5. The van der Waals surface area contributed by atoms with E-state index in [1.165, 1.54) is 10.7 Å². The number of ether oxygens (including phenoxy) is 1. The van der Waals surface area contributed by atoms with Gasteiger partial charge in [-0.05, 0) is 31.2 Å². The van der Waals surface area contributed by atoms with Gasteiger partial charge in [-0.15, -0.1) is 0 Å². The number of hydrogen-bond donors (Lipinski definition) is 2. The van der Waals surface area contributed by atoms with Crippen molar-refractivity contribution in [1.82, 2.24) is 20.3 Å². The highest BCUT2D eigenvalue weighted by Crippen LogP contribution is 2.19. The van der Waals surface area contributed by atoms with E-state index in [1.54, 1.807) is 43.5 Å². The summed E-state index contributed by atoms with van der Waals surface area (Å²) in [6.45, 7) is 1.72. The molecule has 2 amide bonds. The number of anilines is 1. The quantitative estimate of drug-likeness (QED) is 0.388. The Hall–Kier alpha value is -4.73. The molecular formula is C24H21N5O5. The maximum Gasteiger partial charge on any atom is 0.358 e. The Balaban J connectivity index is 1.33. The monoisotopic (exact) mass is 459 g/mol. The summed E-state index contributed by atoms with van der Waals surface area (Å²) in [6.07, 6.45) is 1.62. The van der Waals surface area contributed by atoms with Gasteiger partial charge in [0.2, 0.25) is 5.91 Å². The van der Waals surface area contributed by atoms with Crippen molar-refractivity contribution in [2.45, 2.75) is 6.92 Å². The fourth-order valence-corrected chi connectivity index (χ4v) is 3.08. The molecule has 34 heavy (non-hydrogen) atoms. The number of carbonyl (C=O) groups excluding carboxylic acids is 3. The molecule has 0 saturated carbocycles. The lowest BCUT2D eigenvalue weighted by Crippen LogP contribution is -2.33. The van der Waals surface area contributed by atoms with Crippen molar-refractivity contribution < 1.29 is 23.6 Å². The Morgan fingerprint density at radius 2 is 1.82 bits per heavy atom. The minimum atomic E-state index is -0.530. The summed E-state index contributed by atoms with van der Waals surface area (Å²) in [5.41, 5.74) is 2.18. The minimum Gasteiger partial charge on any atom is -0.461 e. The third-order valence-electron chi connectivity index (χ3n) is 4.68. The van der Waals surface area contributed by atoms with Gasteiger partial charge in [0.25, 0.3) is 5.91 Å². The summed E-state index contributed by atoms with van der Waals surface area (Å²) in [4.78, 5) is 36.5. The lowest BCUT2D eigenvalue weighted by molar-refractivity contribution is -0.115. The molecule has 0 aliphatic rings. The Morgan fingerprint density at radius 1 is 1.00 bits per heavy atom. The van der Waals surface area contributed by atoms with Gasteiger partial charge in [0.05, 0.1) is 18.8 Å². The maximum atomic E-state index is 12.3. The molecule has 10 heteroatoms. The number of hydrogen-bond acceptors (Lipinski definition) is 7. The van der Waals surface area contributed by atoms with Crippen LogP contribution in [0.1, 0.15) is 27.9 Å². The van der Waals surface area contributed by atoms with Crippen molar-refractivity contribution in [3.63, 3.8) is 0 Å². The summed E-state index contributed by atoms with van der Waals surface area (Å²) in [5.74, 6) is -1.01. The van der Waals surface area contributed by atoms with Crippen LogP contribution in [0, 0.1) is 0 Å². The molecule has 2 aromatic carbocycles. The van der Waals surface area contributed by atoms with Crippen LogP contribution in [0.3, 0.4) is 0 Å². The van der Waals surface area contributed by atoms with Crippen LogP contribution in [0.25, 0.3) is 17.0 Å². The predicted molar refractivity (Wildman–Crippen MR) is 122 cm³/mol. The molecule has 4 aromatic rings. The zero-order valence-corrected chi connectivity index (χ0v) is 18.2. The molecule has 0 saturated heterocycles. The van der Waals surface area contributed by atoms with Gasteiger partial charge >= 0.3 is 5.97 Å². The maximum absolute atomic E-state index is 12.3. The van der Waals surface area contributed by atoms with Crippen LogP contribution < -0.4 is 10.6 Å². The van der Waals surface area contributed by atoms with Crippen LogP contribution in [0.4, 0.5) is 5.69 Å².